The van der Waals surface area contributed by atoms with Crippen LogP contribution in [0.2, 0.25) is 0 Å². The predicted molar refractivity (Wildman–Crippen MR) is 81.0 cm³/mol. The van der Waals surface area contributed by atoms with E-state index in [2.05, 4.69) is 5.32 Å². The van der Waals surface area contributed by atoms with Crippen LogP contribution in [0, 0.1) is 0 Å². The Morgan fingerprint density at radius 2 is 2.13 bits per heavy atom. The van der Waals surface area contributed by atoms with E-state index < -0.39 is 11.7 Å². The van der Waals surface area contributed by atoms with Crippen LogP contribution in [-0.2, 0) is 11.0 Å². The van der Waals surface area contributed by atoms with E-state index in [0.29, 0.717) is 6.42 Å². The molecule has 0 spiro atoms. The van der Waals surface area contributed by atoms with Crippen molar-refractivity contribution in [3.63, 3.8) is 0 Å². The van der Waals surface area contributed by atoms with Crippen LogP contribution in [0.4, 0.5) is 18.9 Å². The molecule has 23 heavy (non-hydrogen) atoms. The normalized spacial score (nSPS) is 19.6. The van der Waals surface area contributed by atoms with E-state index in [0.717, 1.165) is 37.9 Å². The summed E-state index contributed by atoms with van der Waals surface area (Å²) in [4.78, 5) is 14.1. The van der Waals surface area contributed by atoms with Crippen LogP contribution in [0.3, 0.4) is 0 Å². The second kappa shape index (κ2) is 7.79. The van der Waals surface area contributed by atoms with E-state index in [-0.39, 0.29) is 30.8 Å². The Bertz CT molecular complexity index is 532. The van der Waals surface area contributed by atoms with Gasteiger partial charge in [-0.05, 0) is 44.0 Å². The van der Waals surface area contributed by atoms with Crippen LogP contribution in [0.5, 0.6) is 0 Å². The zero-order valence-corrected chi connectivity index (χ0v) is 12.8. The number of hydrogen-bond acceptors (Lipinski definition) is 3. The van der Waals surface area contributed by atoms with Gasteiger partial charge in [-0.25, -0.2) is 0 Å². The molecule has 1 saturated heterocycles. The number of benzene rings is 1. The number of anilines is 1. The lowest BCUT2D eigenvalue weighted by Crippen LogP contribution is -2.44. The molecule has 1 aliphatic heterocycles. The Morgan fingerprint density at radius 3 is 2.83 bits per heavy atom. The monoisotopic (exact) mass is 330 g/mol. The summed E-state index contributed by atoms with van der Waals surface area (Å²) in [5.74, 6) is -0.339. The first-order valence-corrected chi connectivity index (χ1v) is 7.72. The number of nitrogens with zero attached hydrogens (tertiary/aromatic N) is 1. The Balaban J connectivity index is 1.96. The fraction of sp³-hybridized carbons (Fsp3) is 0.562. The highest BCUT2D eigenvalue weighted by Crippen LogP contribution is 2.30. The zero-order chi connectivity index (χ0) is 16.9. The lowest BCUT2D eigenvalue weighted by Gasteiger charge is -2.34. The van der Waals surface area contributed by atoms with E-state index in [1.54, 1.807) is 0 Å². The standard InChI is InChI=1S/C16H21F3N2O2/c17-16(18,19)12-4-3-5-13(10-12)20-15(23)11-21-8-2-1-6-14(21)7-9-22/h3-5,10,14,22H,1-2,6-9,11H2,(H,20,23). The molecule has 2 rings (SSSR count). The summed E-state index contributed by atoms with van der Waals surface area (Å²) in [6.45, 7) is 0.956. The minimum Gasteiger partial charge on any atom is -0.396 e. The number of nitrogens with one attached hydrogen (secondary N) is 1. The molecule has 128 valence electrons. The first kappa shape index (κ1) is 17.7. The number of halogens is 3. The number of likely N-dealkylation sites (tertiary alicyclic amines) is 1. The van der Waals surface area contributed by atoms with Gasteiger partial charge in [-0.1, -0.05) is 12.5 Å². The minimum absolute atomic E-state index is 0.0659. The third kappa shape index (κ3) is 5.21. The molecule has 2 N–H and O–H groups in total. The van der Waals surface area contributed by atoms with Crippen LogP contribution in [0.15, 0.2) is 24.3 Å². The molecule has 0 saturated carbocycles. The molecule has 1 atom stereocenters. The molecular formula is C16H21F3N2O2. The summed E-state index contributed by atoms with van der Waals surface area (Å²) in [6, 6.07) is 4.76. The summed E-state index contributed by atoms with van der Waals surface area (Å²) in [7, 11) is 0. The number of carbonyl (C=O) groups is 1. The quantitative estimate of drug-likeness (QED) is 0.873. The predicted octanol–water partition coefficient (Wildman–Crippen LogP) is 2.88. The maximum Gasteiger partial charge on any atom is 0.416 e. The van der Waals surface area contributed by atoms with Crippen molar-refractivity contribution in [3.05, 3.63) is 29.8 Å². The van der Waals surface area contributed by atoms with Gasteiger partial charge in [-0.3, -0.25) is 9.69 Å². The molecule has 1 aromatic rings. The average molecular weight is 330 g/mol. The largest absolute Gasteiger partial charge is 0.416 e. The molecule has 0 bridgehead atoms. The third-order valence-electron chi connectivity index (χ3n) is 4.03. The Hall–Kier alpha value is -1.60. The van der Waals surface area contributed by atoms with Crippen molar-refractivity contribution in [1.29, 1.82) is 0 Å². The lowest BCUT2D eigenvalue weighted by molar-refractivity contribution is -0.137. The van der Waals surface area contributed by atoms with Crippen molar-refractivity contribution in [1.82, 2.24) is 4.90 Å². The van der Waals surface area contributed by atoms with Crippen molar-refractivity contribution in [2.24, 2.45) is 0 Å². The fourth-order valence-corrected chi connectivity index (χ4v) is 2.90. The van der Waals surface area contributed by atoms with E-state index in [1.807, 2.05) is 4.90 Å². The van der Waals surface area contributed by atoms with Gasteiger partial charge in [0, 0.05) is 18.3 Å². The summed E-state index contributed by atoms with van der Waals surface area (Å²) >= 11 is 0. The van der Waals surface area contributed by atoms with Crippen LogP contribution in [-0.4, -0.2) is 41.7 Å². The number of piperidine rings is 1. The Labute approximate surface area is 133 Å². The highest BCUT2D eigenvalue weighted by Gasteiger charge is 2.30. The number of aliphatic hydroxyl groups excluding tert-OH is 1. The molecule has 0 radical (unpaired) electrons. The van der Waals surface area contributed by atoms with Crippen LogP contribution in [0.25, 0.3) is 0 Å². The van der Waals surface area contributed by atoms with Crippen molar-refractivity contribution in [2.75, 3.05) is 25.0 Å². The topological polar surface area (TPSA) is 52.6 Å². The third-order valence-corrected chi connectivity index (χ3v) is 4.03. The highest BCUT2D eigenvalue weighted by molar-refractivity contribution is 5.92. The molecule has 1 aliphatic rings. The van der Waals surface area contributed by atoms with Gasteiger partial charge >= 0.3 is 6.18 Å². The van der Waals surface area contributed by atoms with Crippen molar-refractivity contribution >= 4 is 11.6 Å². The summed E-state index contributed by atoms with van der Waals surface area (Å²) in [5.41, 5.74) is -0.646. The van der Waals surface area contributed by atoms with Gasteiger partial charge in [-0.2, -0.15) is 13.2 Å². The maximum absolute atomic E-state index is 12.7. The zero-order valence-electron chi connectivity index (χ0n) is 12.8. The molecule has 7 heteroatoms. The smallest absolute Gasteiger partial charge is 0.396 e. The van der Waals surface area contributed by atoms with Crippen LogP contribution < -0.4 is 5.32 Å². The summed E-state index contributed by atoms with van der Waals surface area (Å²) in [6.07, 6.45) is -0.844. The van der Waals surface area contributed by atoms with Gasteiger partial charge in [0.15, 0.2) is 0 Å². The van der Waals surface area contributed by atoms with Gasteiger partial charge in [0.05, 0.1) is 12.1 Å². The molecule has 1 aromatic carbocycles. The van der Waals surface area contributed by atoms with Crippen LogP contribution >= 0.6 is 0 Å². The first-order chi connectivity index (χ1) is 10.9. The Morgan fingerprint density at radius 1 is 1.35 bits per heavy atom. The molecule has 0 aromatic heterocycles. The molecule has 1 heterocycles. The molecule has 1 fully saturated rings. The van der Waals surface area contributed by atoms with Crippen molar-refractivity contribution in [3.8, 4) is 0 Å². The van der Waals surface area contributed by atoms with Gasteiger partial charge in [0.25, 0.3) is 0 Å². The number of hydrogen-bond donors (Lipinski definition) is 2. The van der Waals surface area contributed by atoms with E-state index >= 15 is 0 Å². The van der Waals surface area contributed by atoms with Gasteiger partial charge < -0.3 is 10.4 Å². The molecular weight excluding hydrogens is 309 g/mol. The average Bonchev–Trinajstić information content (AvgIpc) is 2.49. The van der Waals surface area contributed by atoms with Crippen molar-refractivity contribution in [2.45, 2.75) is 37.9 Å². The highest BCUT2D eigenvalue weighted by atomic mass is 19.4. The molecule has 0 aliphatic carbocycles. The fourth-order valence-electron chi connectivity index (χ4n) is 2.90. The molecule has 1 amide bonds. The number of rotatable bonds is 5. The second-order valence-electron chi connectivity index (χ2n) is 5.76. The second-order valence-corrected chi connectivity index (χ2v) is 5.76. The summed E-state index contributed by atoms with van der Waals surface area (Å²) in [5, 5.41) is 11.6. The van der Waals surface area contributed by atoms with E-state index in [1.165, 1.54) is 12.1 Å². The maximum atomic E-state index is 12.7. The van der Waals surface area contributed by atoms with Crippen molar-refractivity contribution < 1.29 is 23.1 Å². The van der Waals surface area contributed by atoms with Gasteiger partial charge in [0.2, 0.25) is 5.91 Å². The number of amides is 1. The van der Waals surface area contributed by atoms with E-state index in [4.69, 9.17) is 5.11 Å². The number of alkyl halides is 3. The SMILES string of the molecule is O=C(CN1CCCCC1CCO)Nc1cccc(C(F)(F)F)c1. The Kier molecular flexibility index (Phi) is 6.01. The van der Waals surface area contributed by atoms with Crippen LogP contribution in [0.1, 0.15) is 31.2 Å². The number of aliphatic hydroxyl groups is 1. The minimum atomic E-state index is -4.43. The summed E-state index contributed by atoms with van der Waals surface area (Å²) < 4.78 is 38.0. The van der Waals surface area contributed by atoms with E-state index in [9.17, 15) is 18.0 Å². The molecule has 4 nitrogen and oxygen atoms in total. The number of carbonyl (C=O) groups excluding carboxylic acids is 1. The lowest BCUT2D eigenvalue weighted by atomic mass is 9.99. The van der Waals surface area contributed by atoms with Gasteiger partial charge in [-0.15, -0.1) is 0 Å². The molecule has 1 unspecified atom stereocenters. The first-order valence-electron chi connectivity index (χ1n) is 7.72. The van der Waals surface area contributed by atoms with Gasteiger partial charge in [0.1, 0.15) is 0 Å².